The number of carbonyl (C=O) groups excluding carboxylic acids is 1. The molecule has 0 radical (unpaired) electrons. The molecule has 6 heteroatoms. The minimum atomic E-state index is -3.61. The quantitative estimate of drug-likeness (QED) is 0.799. The highest BCUT2D eigenvalue weighted by atomic mass is 32.2. The molecule has 2 rings (SSSR count). The van der Waals surface area contributed by atoms with Crippen molar-refractivity contribution in [3.05, 3.63) is 23.8 Å². The van der Waals surface area contributed by atoms with Crippen LogP contribution in [0.2, 0.25) is 0 Å². The lowest BCUT2D eigenvalue weighted by Crippen LogP contribution is -2.26. The van der Waals surface area contributed by atoms with E-state index in [-0.39, 0.29) is 29.0 Å². The fourth-order valence-electron chi connectivity index (χ4n) is 2.82. The lowest BCUT2D eigenvalue weighted by atomic mass is 9.86. The van der Waals surface area contributed by atoms with Gasteiger partial charge in [-0.3, -0.25) is 4.79 Å². The van der Waals surface area contributed by atoms with Gasteiger partial charge in [0, 0.05) is 20.0 Å². The van der Waals surface area contributed by atoms with Crippen molar-refractivity contribution in [1.29, 1.82) is 0 Å². The van der Waals surface area contributed by atoms with E-state index in [0.717, 1.165) is 35.6 Å². The summed E-state index contributed by atoms with van der Waals surface area (Å²) < 4.78 is 31.6. The number of ketones is 1. The maximum atomic E-state index is 12.4. The summed E-state index contributed by atoms with van der Waals surface area (Å²) >= 11 is 0. The molecule has 0 spiro atoms. The largest absolute Gasteiger partial charge is 0.484 e. The second-order valence-corrected chi connectivity index (χ2v) is 8.45. The first kappa shape index (κ1) is 17.9. The molecule has 0 aliphatic heterocycles. The Kier molecular flexibility index (Phi) is 5.81. The van der Waals surface area contributed by atoms with E-state index in [0.29, 0.717) is 0 Å². The van der Waals surface area contributed by atoms with Crippen molar-refractivity contribution in [2.24, 2.45) is 5.92 Å². The Hall–Kier alpha value is -1.40. The molecule has 5 nitrogen and oxygen atoms in total. The van der Waals surface area contributed by atoms with Gasteiger partial charge in [-0.25, -0.2) is 12.7 Å². The number of carbonyl (C=O) groups is 1. The Morgan fingerprint density at radius 2 is 1.87 bits per heavy atom. The van der Waals surface area contributed by atoms with Gasteiger partial charge in [0.25, 0.3) is 0 Å². The average Bonchev–Trinajstić information content (AvgIpc) is 2.54. The van der Waals surface area contributed by atoms with Crippen LogP contribution in [0.1, 0.15) is 37.7 Å². The van der Waals surface area contributed by atoms with Crippen molar-refractivity contribution in [2.75, 3.05) is 20.7 Å². The maximum absolute atomic E-state index is 12.4. The first-order chi connectivity index (χ1) is 10.8. The van der Waals surface area contributed by atoms with Crippen molar-refractivity contribution in [2.45, 2.75) is 43.9 Å². The van der Waals surface area contributed by atoms with E-state index in [2.05, 4.69) is 0 Å². The van der Waals surface area contributed by atoms with Crippen molar-refractivity contribution < 1.29 is 17.9 Å². The number of nitrogens with zero attached hydrogens (tertiary/aromatic N) is 1. The molecular formula is C17H25NO4S. The average molecular weight is 339 g/mol. The number of sulfonamides is 1. The summed E-state index contributed by atoms with van der Waals surface area (Å²) in [4.78, 5) is 12.4. The van der Waals surface area contributed by atoms with E-state index in [1.54, 1.807) is 18.2 Å². The van der Waals surface area contributed by atoms with Crippen LogP contribution in [0.25, 0.3) is 0 Å². The number of benzene rings is 1. The van der Waals surface area contributed by atoms with Crippen LogP contribution < -0.4 is 4.74 Å². The van der Waals surface area contributed by atoms with Crippen molar-refractivity contribution in [1.82, 2.24) is 4.31 Å². The Morgan fingerprint density at radius 1 is 1.22 bits per heavy atom. The van der Waals surface area contributed by atoms with Gasteiger partial charge in [-0.05, 0) is 37.5 Å². The first-order valence-corrected chi connectivity index (χ1v) is 9.45. The van der Waals surface area contributed by atoms with Crippen molar-refractivity contribution in [3.63, 3.8) is 0 Å². The number of ether oxygens (including phenoxy) is 1. The molecule has 128 valence electrons. The highest BCUT2D eigenvalue weighted by molar-refractivity contribution is 7.89. The molecular weight excluding hydrogens is 314 g/mol. The monoisotopic (exact) mass is 339 g/mol. The number of rotatable bonds is 6. The molecule has 0 heterocycles. The second kappa shape index (κ2) is 7.45. The smallest absolute Gasteiger partial charge is 0.246 e. The zero-order valence-corrected chi connectivity index (χ0v) is 14.9. The van der Waals surface area contributed by atoms with Crippen LogP contribution >= 0.6 is 0 Å². The van der Waals surface area contributed by atoms with E-state index in [1.165, 1.54) is 20.5 Å². The number of hydrogen-bond acceptors (Lipinski definition) is 4. The highest BCUT2D eigenvalue weighted by Crippen LogP contribution is 2.28. The van der Waals surface area contributed by atoms with Crippen LogP contribution in [0.3, 0.4) is 0 Å². The predicted molar refractivity (Wildman–Crippen MR) is 89.1 cm³/mol. The zero-order valence-electron chi connectivity index (χ0n) is 14.0. The molecule has 0 amide bonds. The maximum Gasteiger partial charge on any atom is 0.246 e. The van der Waals surface area contributed by atoms with E-state index < -0.39 is 10.0 Å². The molecule has 1 fully saturated rings. The molecule has 0 saturated heterocycles. The molecule has 0 bridgehead atoms. The van der Waals surface area contributed by atoms with Gasteiger partial charge in [0.2, 0.25) is 10.0 Å². The summed E-state index contributed by atoms with van der Waals surface area (Å²) in [6.45, 7) is 1.76. The molecule has 23 heavy (non-hydrogen) atoms. The summed E-state index contributed by atoms with van der Waals surface area (Å²) in [5, 5.41) is 0. The third kappa shape index (κ3) is 4.32. The molecule has 1 aromatic rings. The van der Waals surface area contributed by atoms with Crippen molar-refractivity contribution in [3.8, 4) is 5.75 Å². The van der Waals surface area contributed by atoms with E-state index in [9.17, 15) is 13.2 Å². The van der Waals surface area contributed by atoms with Gasteiger partial charge in [-0.15, -0.1) is 0 Å². The van der Waals surface area contributed by atoms with Gasteiger partial charge in [0.05, 0.1) is 0 Å². The van der Waals surface area contributed by atoms with Gasteiger partial charge < -0.3 is 4.74 Å². The van der Waals surface area contributed by atoms with Gasteiger partial charge in [-0.2, -0.15) is 0 Å². The molecule has 0 N–H and O–H groups in total. The lowest BCUT2D eigenvalue weighted by molar-refractivity contribution is -0.125. The topological polar surface area (TPSA) is 63.7 Å². The Balaban J connectivity index is 2.15. The first-order valence-electron chi connectivity index (χ1n) is 8.01. The zero-order chi connectivity index (χ0) is 17.0. The Bertz CT molecular complexity index is 661. The highest BCUT2D eigenvalue weighted by Gasteiger charge is 2.25. The number of Topliss-reactive ketones (excluding diaryl/α,β-unsaturated/α-hetero) is 1. The predicted octanol–water partition coefficient (Wildman–Crippen LogP) is 2.77. The lowest BCUT2D eigenvalue weighted by Gasteiger charge is -2.21. The molecule has 1 aromatic carbocycles. The normalized spacial score (nSPS) is 16.5. The van der Waals surface area contributed by atoms with Gasteiger partial charge >= 0.3 is 0 Å². The van der Waals surface area contributed by atoms with Crippen LogP contribution in [0.5, 0.6) is 5.75 Å². The van der Waals surface area contributed by atoms with Crippen LogP contribution in [0, 0.1) is 12.8 Å². The van der Waals surface area contributed by atoms with Gasteiger partial charge in [0.15, 0.2) is 5.78 Å². The third-order valence-corrected chi connectivity index (χ3v) is 6.12. The molecule has 1 saturated carbocycles. The third-order valence-electron chi connectivity index (χ3n) is 4.29. The summed E-state index contributed by atoms with van der Waals surface area (Å²) in [5.41, 5.74) is 0.830. The SMILES string of the molecule is Cc1ccc(OCC(=O)C2CCCCC2)c(S(=O)(=O)N(C)C)c1. The molecule has 0 aromatic heterocycles. The summed E-state index contributed by atoms with van der Waals surface area (Å²) in [6.07, 6.45) is 5.19. The summed E-state index contributed by atoms with van der Waals surface area (Å²) in [5.74, 6) is 0.370. The minimum absolute atomic E-state index is 0.0584. The van der Waals surface area contributed by atoms with Crippen LogP contribution in [-0.2, 0) is 14.8 Å². The second-order valence-electron chi connectivity index (χ2n) is 6.33. The van der Waals surface area contributed by atoms with Crippen LogP contribution in [0.15, 0.2) is 23.1 Å². The summed E-state index contributed by atoms with van der Waals surface area (Å²) in [6, 6.07) is 4.99. The number of hydrogen-bond donors (Lipinski definition) is 0. The summed E-state index contributed by atoms with van der Waals surface area (Å²) in [7, 11) is -0.644. The van der Waals surface area contributed by atoms with Gasteiger partial charge in [0.1, 0.15) is 17.3 Å². The standard InChI is InChI=1S/C17H25NO4S/c1-13-9-10-16(17(11-13)23(20,21)18(2)3)22-12-15(19)14-7-5-4-6-8-14/h9-11,14H,4-8,12H2,1-3H3. The van der Waals surface area contributed by atoms with Crippen LogP contribution in [0.4, 0.5) is 0 Å². The van der Waals surface area contributed by atoms with E-state index in [4.69, 9.17) is 4.74 Å². The number of aryl methyl sites for hydroxylation is 1. The van der Waals surface area contributed by atoms with Crippen molar-refractivity contribution >= 4 is 15.8 Å². The molecule has 0 unspecified atom stereocenters. The Labute approximate surface area is 138 Å². The fourth-order valence-corrected chi connectivity index (χ4v) is 3.93. The Morgan fingerprint density at radius 3 is 2.48 bits per heavy atom. The molecule has 1 aliphatic carbocycles. The molecule has 0 atom stereocenters. The van der Waals surface area contributed by atoms with Gasteiger partial charge in [-0.1, -0.05) is 25.3 Å². The van der Waals surface area contributed by atoms with E-state index in [1.807, 2.05) is 6.92 Å². The van der Waals surface area contributed by atoms with E-state index >= 15 is 0 Å². The fraction of sp³-hybridized carbons (Fsp3) is 0.588. The molecule has 1 aliphatic rings. The minimum Gasteiger partial charge on any atom is -0.484 e. The van der Waals surface area contributed by atoms with Crippen LogP contribution in [-0.4, -0.2) is 39.2 Å².